The van der Waals surface area contributed by atoms with E-state index in [1.165, 1.54) is 0 Å². The molecule has 0 saturated carbocycles. The zero-order chi connectivity index (χ0) is 14.7. The number of amides is 2. The number of carbonyl (C=O) groups excluding carboxylic acids is 1. The third-order valence-electron chi connectivity index (χ3n) is 2.83. The normalized spacial score (nSPS) is 10.7. The van der Waals surface area contributed by atoms with Crippen molar-refractivity contribution in [2.45, 2.75) is 13.3 Å². The molecule has 0 aliphatic heterocycles. The Morgan fingerprint density at radius 2 is 2.19 bits per heavy atom. The van der Waals surface area contributed by atoms with Crippen LogP contribution in [0.15, 0.2) is 39.3 Å². The third kappa shape index (κ3) is 3.19. The van der Waals surface area contributed by atoms with E-state index in [0.717, 1.165) is 11.1 Å². The molecule has 0 aliphatic rings. The van der Waals surface area contributed by atoms with E-state index >= 15 is 0 Å². The number of aromatic nitrogens is 2. The summed E-state index contributed by atoms with van der Waals surface area (Å²) >= 11 is 0. The average Bonchev–Trinajstić information content (AvgIpc) is 3.04. The Hall–Kier alpha value is -2.83. The second-order valence-electron chi connectivity index (χ2n) is 4.54. The highest BCUT2D eigenvalue weighted by Crippen LogP contribution is 2.14. The molecule has 3 aromatic rings. The number of benzene rings is 1. The van der Waals surface area contributed by atoms with E-state index in [1.807, 2.05) is 24.3 Å². The Labute approximate surface area is 120 Å². The number of urea groups is 1. The van der Waals surface area contributed by atoms with Crippen molar-refractivity contribution < 1.29 is 13.7 Å². The molecule has 2 aromatic heterocycles. The lowest BCUT2D eigenvalue weighted by atomic mass is 10.3. The monoisotopic (exact) mass is 286 g/mol. The SMILES string of the molecule is Cc1cc(NC(=O)NCCc2nc3ccccc3o2)on1. The van der Waals surface area contributed by atoms with E-state index in [9.17, 15) is 4.79 Å². The molecule has 0 radical (unpaired) electrons. The van der Waals surface area contributed by atoms with Crippen LogP contribution in [0.5, 0.6) is 0 Å². The Bertz CT molecular complexity index is 729. The summed E-state index contributed by atoms with van der Waals surface area (Å²) in [6.45, 7) is 2.19. The Morgan fingerprint density at radius 3 is 2.95 bits per heavy atom. The summed E-state index contributed by atoms with van der Waals surface area (Å²) in [5.74, 6) is 0.902. The first-order chi connectivity index (χ1) is 10.2. The van der Waals surface area contributed by atoms with Gasteiger partial charge in [0, 0.05) is 19.0 Å². The topological polar surface area (TPSA) is 93.2 Å². The number of fused-ring (bicyclic) bond motifs is 1. The third-order valence-corrected chi connectivity index (χ3v) is 2.83. The summed E-state index contributed by atoms with van der Waals surface area (Å²) in [7, 11) is 0. The summed E-state index contributed by atoms with van der Waals surface area (Å²) in [5.41, 5.74) is 2.26. The van der Waals surface area contributed by atoms with Crippen LogP contribution in [0.1, 0.15) is 11.6 Å². The number of carbonyl (C=O) groups is 1. The molecule has 0 saturated heterocycles. The summed E-state index contributed by atoms with van der Waals surface area (Å²) in [6, 6.07) is 8.82. The second kappa shape index (κ2) is 5.66. The maximum Gasteiger partial charge on any atom is 0.321 e. The van der Waals surface area contributed by atoms with E-state index in [4.69, 9.17) is 8.94 Å². The van der Waals surface area contributed by atoms with Gasteiger partial charge in [0.2, 0.25) is 5.88 Å². The minimum absolute atomic E-state index is 0.312. The zero-order valence-electron chi connectivity index (χ0n) is 11.4. The van der Waals surface area contributed by atoms with Crippen LogP contribution in [-0.4, -0.2) is 22.7 Å². The number of hydrogen-bond donors (Lipinski definition) is 2. The quantitative estimate of drug-likeness (QED) is 0.768. The fourth-order valence-corrected chi connectivity index (χ4v) is 1.89. The van der Waals surface area contributed by atoms with Gasteiger partial charge in [0.25, 0.3) is 0 Å². The molecule has 2 N–H and O–H groups in total. The van der Waals surface area contributed by atoms with E-state index in [-0.39, 0.29) is 6.03 Å². The Kier molecular flexibility index (Phi) is 3.55. The van der Waals surface area contributed by atoms with Gasteiger partial charge in [-0.15, -0.1) is 0 Å². The minimum atomic E-state index is -0.359. The number of nitrogens with one attached hydrogen (secondary N) is 2. The number of anilines is 1. The number of para-hydroxylation sites is 2. The van der Waals surface area contributed by atoms with Crippen molar-refractivity contribution in [1.29, 1.82) is 0 Å². The molecule has 0 fully saturated rings. The summed E-state index contributed by atoms with van der Waals surface area (Å²) < 4.78 is 10.4. The molecular weight excluding hydrogens is 272 g/mol. The molecule has 2 amide bonds. The van der Waals surface area contributed by atoms with E-state index < -0.39 is 0 Å². The smallest absolute Gasteiger partial charge is 0.321 e. The van der Waals surface area contributed by atoms with Crippen molar-refractivity contribution in [3.63, 3.8) is 0 Å². The fourth-order valence-electron chi connectivity index (χ4n) is 1.89. The lowest BCUT2D eigenvalue weighted by Gasteiger charge is -2.02. The van der Waals surface area contributed by atoms with Crippen LogP contribution in [-0.2, 0) is 6.42 Å². The standard InChI is InChI=1S/C14H14N4O3/c1-9-8-13(21-18-9)17-14(19)15-7-6-12-16-10-4-2-3-5-11(10)20-12/h2-5,8H,6-7H2,1H3,(H2,15,17,19). The highest BCUT2D eigenvalue weighted by Gasteiger charge is 2.08. The van der Waals surface area contributed by atoms with Crippen LogP contribution in [0.3, 0.4) is 0 Å². The summed E-state index contributed by atoms with van der Waals surface area (Å²) in [6.07, 6.45) is 0.511. The lowest BCUT2D eigenvalue weighted by molar-refractivity contribution is 0.251. The van der Waals surface area contributed by atoms with Crippen molar-refractivity contribution in [2.75, 3.05) is 11.9 Å². The number of hydrogen-bond acceptors (Lipinski definition) is 5. The van der Waals surface area contributed by atoms with Gasteiger partial charge in [-0.2, -0.15) is 0 Å². The first-order valence-corrected chi connectivity index (χ1v) is 6.53. The maximum absolute atomic E-state index is 11.6. The van der Waals surface area contributed by atoms with E-state index in [2.05, 4.69) is 20.8 Å². The average molecular weight is 286 g/mol. The molecule has 21 heavy (non-hydrogen) atoms. The number of oxazole rings is 1. The van der Waals surface area contributed by atoms with Gasteiger partial charge in [-0.05, 0) is 19.1 Å². The van der Waals surface area contributed by atoms with Crippen molar-refractivity contribution >= 4 is 23.0 Å². The van der Waals surface area contributed by atoms with Crippen molar-refractivity contribution in [3.8, 4) is 0 Å². The van der Waals surface area contributed by atoms with Crippen molar-refractivity contribution in [1.82, 2.24) is 15.5 Å². The van der Waals surface area contributed by atoms with E-state index in [0.29, 0.717) is 30.4 Å². The molecule has 0 unspecified atom stereocenters. The van der Waals surface area contributed by atoms with Crippen molar-refractivity contribution in [2.24, 2.45) is 0 Å². The highest BCUT2D eigenvalue weighted by atomic mass is 16.5. The zero-order valence-corrected chi connectivity index (χ0v) is 11.4. The lowest BCUT2D eigenvalue weighted by Crippen LogP contribution is -2.30. The fraction of sp³-hybridized carbons (Fsp3) is 0.214. The Balaban J connectivity index is 1.50. The predicted molar refractivity (Wildman–Crippen MR) is 76.0 cm³/mol. The van der Waals surface area contributed by atoms with Gasteiger partial charge in [0.15, 0.2) is 11.5 Å². The largest absolute Gasteiger partial charge is 0.441 e. The molecule has 0 bridgehead atoms. The molecular formula is C14H14N4O3. The number of rotatable bonds is 4. The molecule has 7 nitrogen and oxygen atoms in total. The molecule has 3 rings (SSSR count). The molecule has 0 spiro atoms. The molecule has 0 aliphatic carbocycles. The van der Waals surface area contributed by atoms with Crippen molar-refractivity contribution in [3.05, 3.63) is 41.9 Å². The Morgan fingerprint density at radius 1 is 1.33 bits per heavy atom. The van der Waals surface area contributed by atoms with Gasteiger partial charge in [-0.1, -0.05) is 17.3 Å². The molecule has 108 valence electrons. The summed E-state index contributed by atoms with van der Waals surface area (Å²) in [4.78, 5) is 16.0. The molecule has 1 aromatic carbocycles. The number of aryl methyl sites for hydroxylation is 1. The predicted octanol–water partition coefficient (Wildman–Crippen LogP) is 2.49. The molecule has 0 atom stereocenters. The number of nitrogens with zero attached hydrogens (tertiary/aromatic N) is 2. The highest BCUT2D eigenvalue weighted by molar-refractivity contribution is 5.87. The van der Waals surface area contributed by atoms with E-state index in [1.54, 1.807) is 13.0 Å². The van der Waals surface area contributed by atoms with Gasteiger partial charge in [0.1, 0.15) is 5.52 Å². The first kappa shape index (κ1) is 13.2. The second-order valence-corrected chi connectivity index (χ2v) is 4.54. The van der Waals surface area contributed by atoms with Crippen LogP contribution >= 0.6 is 0 Å². The minimum Gasteiger partial charge on any atom is -0.441 e. The molecule has 2 heterocycles. The van der Waals surface area contributed by atoms with Gasteiger partial charge >= 0.3 is 6.03 Å². The first-order valence-electron chi connectivity index (χ1n) is 6.53. The van der Waals surface area contributed by atoms with Crippen LogP contribution in [0.25, 0.3) is 11.1 Å². The van der Waals surface area contributed by atoms with Crippen LogP contribution in [0.2, 0.25) is 0 Å². The van der Waals surface area contributed by atoms with Gasteiger partial charge in [-0.25, -0.2) is 9.78 Å². The van der Waals surface area contributed by atoms with Gasteiger partial charge in [-0.3, -0.25) is 5.32 Å². The maximum atomic E-state index is 11.6. The molecule has 7 heteroatoms. The summed E-state index contributed by atoms with van der Waals surface area (Å²) in [5, 5.41) is 8.92. The van der Waals surface area contributed by atoms with Gasteiger partial charge in [0.05, 0.1) is 5.69 Å². The van der Waals surface area contributed by atoms with Gasteiger partial charge < -0.3 is 14.3 Å². The van der Waals surface area contributed by atoms with Crippen LogP contribution in [0.4, 0.5) is 10.7 Å². The van der Waals surface area contributed by atoms with Crippen LogP contribution in [0, 0.1) is 6.92 Å². The van der Waals surface area contributed by atoms with Crippen LogP contribution < -0.4 is 10.6 Å².